The molecule has 0 unspecified atom stereocenters. The molecule has 3 rings (SSSR count). The second-order valence-electron chi connectivity index (χ2n) is 5.02. The van der Waals surface area contributed by atoms with Crippen molar-refractivity contribution >= 4 is 28.6 Å². The quantitative estimate of drug-likeness (QED) is 0.795. The number of aryl methyl sites for hydroxylation is 2. The van der Waals surface area contributed by atoms with Gasteiger partial charge >= 0.3 is 0 Å². The van der Waals surface area contributed by atoms with Crippen LogP contribution >= 0.6 is 22.7 Å². The highest BCUT2D eigenvalue weighted by Crippen LogP contribution is 2.31. The topological polar surface area (TPSA) is 68.9 Å². The van der Waals surface area contributed by atoms with Crippen LogP contribution in [0.2, 0.25) is 0 Å². The van der Waals surface area contributed by atoms with Crippen LogP contribution in [0.3, 0.4) is 0 Å². The zero-order chi connectivity index (χ0) is 15.7. The average Bonchev–Trinajstić information content (AvgIpc) is 3.05. The van der Waals surface area contributed by atoms with E-state index in [1.165, 1.54) is 0 Å². The number of amides is 1. The molecule has 4 nitrogen and oxygen atoms in total. The number of primary amides is 1. The summed E-state index contributed by atoms with van der Waals surface area (Å²) in [4.78, 5) is 21.5. The number of rotatable bonds is 4. The van der Waals surface area contributed by atoms with Gasteiger partial charge in [0.2, 0.25) is 5.91 Å². The molecule has 0 fully saturated rings. The number of carbonyl (C=O) groups excluding carboxylic acids is 1. The first-order valence-electron chi connectivity index (χ1n) is 6.80. The van der Waals surface area contributed by atoms with Crippen molar-refractivity contribution in [2.45, 2.75) is 20.3 Å². The number of nitrogens with zero attached hydrogens (tertiary/aromatic N) is 2. The summed E-state index contributed by atoms with van der Waals surface area (Å²) in [5.74, 6) is -0.405. The molecule has 0 atom stereocenters. The highest BCUT2D eigenvalue weighted by Gasteiger charge is 2.12. The lowest BCUT2D eigenvalue weighted by Crippen LogP contribution is -2.10. The average molecular weight is 329 g/mol. The number of aromatic nitrogens is 2. The Kier molecular flexibility index (Phi) is 4.04. The van der Waals surface area contributed by atoms with Gasteiger partial charge < -0.3 is 5.73 Å². The minimum absolute atomic E-state index is 0.405. The first kappa shape index (κ1) is 14.9. The van der Waals surface area contributed by atoms with Crippen LogP contribution in [0.1, 0.15) is 31.6 Å². The van der Waals surface area contributed by atoms with E-state index in [2.05, 4.69) is 10.4 Å². The maximum absolute atomic E-state index is 11.2. The van der Waals surface area contributed by atoms with E-state index in [4.69, 9.17) is 10.7 Å². The zero-order valence-corrected chi connectivity index (χ0v) is 13.9. The summed E-state index contributed by atoms with van der Waals surface area (Å²) in [6, 6.07) is 7.38. The predicted molar refractivity (Wildman–Crippen MR) is 90.5 cm³/mol. The number of nitrogens with two attached hydrogens (primary N) is 1. The Balaban J connectivity index is 1.84. The molecule has 6 heteroatoms. The highest BCUT2D eigenvalue weighted by molar-refractivity contribution is 7.15. The third kappa shape index (κ3) is 3.08. The number of carbonyl (C=O) groups is 1. The lowest BCUT2D eigenvalue weighted by Gasteiger charge is -2.00. The maximum Gasteiger partial charge on any atom is 0.248 e. The van der Waals surface area contributed by atoms with E-state index < -0.39 is 5.91 Å². The second-order valence-corrected chi connectivity index (χ2v) is 7.16. The molecular weight excluding hydrogens is 314 g/mol. The monoisotopic (exact) mass is 329 g/mol. The summed E-state index contributed by atoms with van der Waals surface area (Å²) in [6.07, 6.45) is 0.697. The molecule has 0 aliphatic heterocycles. The van der Waals surface area contributed by atoms with Crippen LogP contribution < -0.4 is 5.73 Å². The van der Waals surface area contributed by atoms with E-state index in [1.807, 2.05) is 32.0 Å². The molecule has 2 heterocycles. The van der Waals surface area contributed by atoms with Crippen molar-refractivity contribution in [2.24, 2.45) is 5.73 Å². The molecule has 2 N–H and O–H groups in total. The van der Waals surface area contributed by atoms with E-state index >= 15 is 0 Å². The van der Waals surface area contributed by atoms with Crippen LogP contribution in [0.4, 0.5) is 0 Å². The molecule has 1 aromatic carbocycles. The van der Waals surface area contributed by atoms with Gasteiger partial charge in [-0.05, 0) is 31.5 Å². The van der Waals surface area contributed by atoms with Crippen molar-refractivity contribution in [1.29, 1.82) is 0 Å². The van der Waals surface area contributed by atoms with E-state index in [-0.39, 0.29) is 0 Å². The van der Waals surface area contributed by atoms with Gasteiger partial charge in [0, 0.05) is 17.4 Å². The Hall–Kier alpha value is -2.05. The zero-order valence-electron chi connectivity index (χ0n) is 12.3. The standard InChI is InChI=1S/C16H15N3OS2/c1-9-15(22-10(2)18-9)13-8-21-14(19-13)7-11-4-3-5-12(6-11)16(17)20/h3-6,8H,7H2,1-2H3,(H2,17,20). The molecule has 1 amide bonds. The fraction of sp³-hybridized carbons (Fsp3) is 0.188. The van der Waals surface area contributed by atoms with Gasteiger partial charge in [0.25, 0.3) is 0 Å². The Labute approximate surface area is 136 Å². The number of hydrogen-bond donors (Lipinski definition) is 1. The largest absolute Gasteiger partial charge is 0.366 e. The van der Waals surface area contributed by atoms with Gasteiger partial charge in [0.15, 0.2) is 0 Å². The molecule has 22 heavy (non-hydrogen) atoms. The molecule has 2 aromatic heterocycles. The van der Waals surface area contributed by atoms with Crippen molar-refractivity contribution < 1.29 is 4.79 Å². The Morgan fingerprint density at radius 1 is 1.27 bits per heavy atom. The first-order chi connectivity index (χ1) is 10.5. The second kappa shape index (κ2) is 5.98. The van der Waals surface area contributed by atoms with Gasteiger partial charge in [-0.15, -0.1) is 22.7 Å². The lowest BCUT2D eigenvalue weighted by atomic mass is 10.1. The van der Waals surface area contributed by atoms with Crippen LogP contribution in [0, 0.1) is 13.8 Å². The van der Waals surface area contributed by atoms with Crippen molar-refractivity contribution in [3.63, 3.8) is 0 Å². The number of hydrogen-bond acceptors (Lipinski definition) is 5. The van der Waals surface area contributed by atoms with Crippen molar-refractivity contribution in [3.05, 3.63) is 56.5 Å². The molecule has 0 spiro atoms. The predicted octanol–water partition coefficient (Wildman–Crippen LogP) is 3.57. The summed E-state index contributed by atoms with van der Waals surface area (Å²) in [5, 5.41) is 4.13. The van der Waals surface area contributed by atoms with Crippen molar-refractivity contribution in [3.8, 4) is 10.6 Å². The summed E-state index contributed by atoms with van der Waals surface area (Å²) >= 11 is 3.29. The summed E-state index contributed by atoms with van der Waals surface area (Å²) in [6.45, 7) is 4.01. The smallest absolute Gasteiger partial charge is 0.248 e. The fourth-order valence-electron chi connectivity index (χ4n) is 2.27. The van der Waals surface area contributed by atoms with E-state index in [0.29, 0.717) is 12.0 Å². The van der Waals surface area contributed by atoms with Crippen molar-refractivity contribution in [1.82, 2.24) is 9.97 Å². The number of thiazole rings is 2. The van der Waals surface area contributed by atoms with Gasteiger partial charge in [0.1, 0.15) is 0 Å². The van der Waals surface area contributed by atoms with Gasteiger partial charge in [-0.1, -0.05) is 12.1 Å². The Bertz CT molecular complexity index is 836. The van der Waals surface area contributed by atoms with Crippen LogP contribution in [0.15, 0.2) is 29.6 Å². The highest BCUT2D eigenvalue weighted by atomic mass is 32.1. The Morgan fingerprint density at radius 3 is 2.77 bits per heavy atom. The van der Waals surface area contributed by atoms with Crippen LogP contribution in [0.25, 0.3) is 10.6 Å². The molecule has 3 aromatic rings. The van der Waals surface area contributed by atoms with Crippen LogP contribution in [-0.2, 0) is 6.42 Å². The molecule has 0 aliphatic carbocycles. The van der Waals surface area contributed by atoms with Gasteiger partial charge in [-0.3, -0.25) is 4.79 Å². The summed E-state index contributed by atoms with van der Waals surface area (Å²) < 4.78 is 0. The Morgan fingerprint density at radius 2 is 2.09 bits per heavy atom. The third-order valence-electron chi connectivity index (χ3n) is 3.25. The molecule has 0 radical (unpaired) electrons. The normalized spacial score (nSPS) is 10.8. The molecular formula is C16H15N3OS2. The van der Waals surface area contributed by atoms with Gasteiger partial charge in [-0.2, -0.15) is 0 Å². The lowest BCUT2D eigenvalue weighted by molar-refractivity contribution is 0.1000. The minimum atomic E-state index is -0.405. The van der Waals surface area contributed by atoms with Gasteiger partial charge in [-0.25, -0.2) is 9.97 Å². The molecule has 112 valence electrons. The molecule has 0 saturated heterocycles. The number of benzene rings is 1. The maximum atomic E-state index is 11.2. The SMILES string of the molecule is Cc1nc(C)c(-c2csc(Cc3cccc(C(N)=O)c3)n2)s1. The molecule has 0 saturated carbocycles. The van der Waals surface area contributed by atoms with Gasteiger partial charge in [0.05, 0.1) is 26.3 Å². The van der Waals surface area contributed by atoms with Crippen LogP contribution in [-0.4, -0.2) is 15.9 Å². The van der Waals surface area contributed by atoms with Crippen molar-refractivity contribution in [2.75, 3.05) is 0 Å². The first-order valence-corrected chi connectivity index (χ1v) is 8.50. The summed E-state index contributed by atoms with van der Waals surface area (Å²) in [7, 11) is 0. The molecule has 0 bridgehead atoms. The van der Waals surface area contributed by atoms with Crippen LogP contribution in [0.5, 0.6) is 0 Å². The fourth-order valence-corrected chi connectivity index (χ4v) is 4.05. The van der Waals surface area contributed by atoms with E-state index in [1.54, 1.807) is 28.7 Å². The third-order valence-corrected chi connectivity index (χ3v) is 5.20. The molecule has 0 aliphatic rings. The van der Waals surface area contributed by atoms with E-state index in [9.17, 15) is 4.79 Å². The minimum Gasteiger partial charge on any atom is -0.366 e. The summed E-state index contributed by atoms with van der Waals surface area (Å²) in [5.41, 5.74) is 8.89. The van der Waals surface area contributed by atoms with E-state index in [0.717, 1.165) is 31.8 Å².